The monoisotopic (exact) mass is 510 g/mol. The summed E-state index contributed by atoms with van der Waals surface area (Å²) in [5.41, 5.74) is 2.02. The lowest BCUT2D eigenvalue weighted by Gasteiger charge is -2.19. The molecule has 1 heterocycles. The summed E-state index contributed by atoms with van der Waals surface area (Å²) in [6.07, 6.45) is 0.0338. The maximum Gasteiger partial charge on any atom is 0.265 e. The van der Waals surface area contributed by atoms with Crippen LogP contribution in [0.15, 0.2) is 77.7 Å². The molecule has 9 heteroatoms. The zero-order valence-corrected chi connectivity index (χ0v) is 21.3. The highest BCUT2D eigenvalue weighted by Crippen LogP contribution is 2.28. The van der Waals surface area contributed by atoms with Gasteiger partial charge in [0.25, 0.3) is 15.9 Å². The molecular formula is C27H30N2O6S. The number of methoxy groups -OCH3 is 2. The van der Waals surface area contributed by atoms with E-state index in [0.29, 0.717) is 30.1 Å². The van der Waals surface area contributed by atoms with Crippen LogP contribution in [0.2, 0.25) is 0 Å². The SMILES string of the molecule is CCc1ccccc1C(=O)N1C[C@@H](OC)[C@H](Oc2cccc(NS(=O)(=O)c3ccccc3OC)c2)C1. The number of anilines is 1. The molecule has 1 aliphatic heterocycles. The fourth-order valence-corrected chi connectivity index (χ4v) is 5.54. The third-order valence-corrected chi connectivity index (χ3v) is 7.59. The molecule has 0 aromatic heterocycles. The number of carbonyl (C=O) groups is 1. The zero-order valence-electron chi connectivity index (χ0n) is 20.5. The molecule has 1 N–H and O–H groups in total. The van der Waals surface area contributed by atoms with Crippen LogP contribution in [0.5, 0.6) is 11.5 Å². The summed E-state index contributed by atoms with van der Waals surface area (Å²) < 4.78 is 45.5. The molecule has 190 valence electrons. The number of hydrogen-bond acceptors (Lipinski definition) is 6. The molecule has 0 unspecified atom stereocenters. The Labute approximate surface area is 211 Å². The fourth-order valence-electron chi connectivity index (χ4n) is 4.32. The Kier molecular flexibility index (Phi) is 7.81. The standard InChI is InChI=1S/C27H30N2O6S/c1-4-19-10-5-6-13-22(19)27(30)29-17-24(34-3)25(18-29)35-21-12-9-11-20(16-21)28-36(31,32)26-15-8-7-14-23(26)33-2/h5-16,24-25,28H,4,17-18H2,1-3H3/t24-,25-/m1/s1. The van der Waals surface area contributed by atoms with Crippen LogP contribution < -0.4 is 14.2 Å². The van der Waals surface area contributed by atoms with Gasteiger partial charge >= 0.3 is 0 Å². The number of amides is 1. The van der Waals surface area contributed by atoms with Gasteiger partial charge in [0.15, 0.2) is 0 Å². The average Bonchev–Trinajstić information content (AvgIpc) is 3.30. The Bertz CT molecular complexity index is 1330. The minimum Gasteiger partial charge on any atom is -0.495 e. The van der Waals surface area contributed by atoms with Crippen molar-refractivity contribution in [3.8, 4) is 11.5 Å². The molecule has 1 fully saturated rings. The Morgan fingerprint density at radius 3 is 2.44 bits per heavy atom. The van der Waals surface area contributed by atoms with Gasteiger partial charge in [-0.15, -0.1) is 0 Å². The van der Waals surface area contributed by atoms with Crippen LogP contribution in [0.3, 0.4) is 0 Å². The van der Waals surface area contributed by atoms with Gasteiger partial charge in [0, 0.05) is 18.7 Å². The number of likely N-dealkylation sites (tertiary alicyclic amines) is 1. The number of benzene rings is 3. The minimum absolute atomic E-state index is 0.0376. The summed E-state index contributed by atoms with van der Waals surface area (Å²) in [7, 11) is -0.869. The second-order valence-corrected chi connectivity index (χ2v) is 10.1. The predicted octanol–water partition coefficient (Wildman–Crippen LogP) is 3.98. The van der Waals surface area contributed by atoms with E-state index >= 15 is 0 Å². The molecule has 1 amide bonds. The van der Waals surface area contributed by atoms with E-state index in [0.717, 1.165) is 12.0 Å². The maximum atomic E-state index is 13.2. The molecule has 3 aromatic carbocycles. The second-order valence-electron chi connectivity index (χ2n) is 8.44. The Morgan fingerprint density at radius 2 is 1.69 bits per heavy atom. The Hall–Kier alpha value is -3.56. The topological polar surface area (TPSA) is 94.2 Å². The van der Waals surface area contributed by atoms with Crippen LogP contribution >= 0.6 is 0 Å². The summed E-state index contributed by atoms with van der Waals surface area (Å²) in [5.74, 6) is 0.658. The Balaban J connectivity index is 1.49. The van der Waals surface area contributed by atoms with Crippen molar-refractivity contribution in [1.29, 1.82) is 0 Å². The molecule has 36 heavy (non-hydrogen) atoms. The molecule has 1 aliphatic rings. The van der Waals surface area contributed by atoms with E-state index in [1.54, 1.807) is 54.5 Å². The summed E-state index contributed by atoms with van der Waals surface area (Å²) in [6.45, 7) is 2.78. The number of para-hydroxylation sites is 1. The van der Waals surface area contributed by atoms with Crippen LogP contribution in [-0.4, -0.2) is 58.7 Å². The number of nitrogens with one attached hydrogen (secondary N) is 1. The van der Waals surface area contributed by atoms with Crippen molar-refractivity contribution in [1.82, 2.24) is 4.90 Å². The van der Waals surface area contributed by atoms with Crippen molar-refractivity contribution >= 4 is 21.6 Å². The summed E-state index contributed by atoms with van der Waals surface area (Å²) >= 11 is 0. The first-order valence-corrected chi connectivity index (χ1v) is 13.2. The summed E-state index contributed by atoms with van der Waals surface area (Å²) in [5, 5.41) is 0. The van der Waals surface area contributed by atoms with Gasteiger partial charge in [-0.3, -0.25) is 9.52 Å². The molecule has 0 aliphatic carbocycles. The average molecular weight is 511 g/mol. The van der Waals surface area contributed by atoms with Crippen molar-refractivity contribution in [2.75, 3.05) is 32.0 Å². The van der Waals surface area contributed by atoms with E-state index in [1.807, 2.05) is 31.2 Å². The van der Waals surface area contributed by atoms with Crippen LogP contribution in [0.4, 0.5) is 5.69 Å². The molecule has 0 spiro atoms. The van der Waals surface area contributed by atoms with E-state index in [9.17, 15) is 13.2 Å². The maximum absolute atomic E-state index is 13.2. The van der Waals surface area contributed by atoms with Crippen LogP contribution in [0, 0.1) is 0 Å². The van der Waals surface area contributed by atoms with Crippen LogP contribution in [0.25, 0.3) is 0 Å². The molecular weight excluding hydrogens is 480 g/mol. The lowest BCUT2D eigenvalue weighted by Crippen LogP contribution is -2.32. The molecule has 0 radical (unpaired) electrons. The fraction of sp³-hybridized carbons (Fsp3) is 0.296. The van der Waals surface area contributed by atoms with E-state index in [-0.39, 0.29) is 22.7 Å². The Morgan fingerprint density at radius 1 is 0.972 bits per heavy atom. The number of hydrogen-bond donors (Lipinski definition) is 1. The van der Waals surface area contributed by atoms with Crippen molar-refractivity contribution < 1.29 is 27.4 Å². The molecule has 8 nitrogen and oxygen atoms in total. The van der Waals surface area contributed by atoms with Gasteiger partial charge in [-0.2, -0.15) is 0 Å². The number of nitrogens with zero attached hydrogens (tertiary/aromatic N) is 1. The van der Waals surface area contributed by atoms with Crippen molar-refractivity contribution in [2.45, 2.75) is 30.4 Å². The quantitative estimate of drug-likeness (QED) is 0.468. The van der Waals surface area contributed by atoms with Crippen molar-refractivity contribution in [3.05, 3.63) is 83.9 Å². The molecule has 1 saturated heterocycles. The summed E-state index contributed by atoms with van der Waals surface area (Å²) in [6, 6.07) is 20.7. The normalized spacial score (nSPS) is 17.6. The predicted molar refractivity (Wildman–Crippen MR) is 137 cm³/mol. The second kappa shape index (κ2) is 11.0. The smallest absolute Gasteiger partial charge is 0.265 e. The van der Waals surface area contributed by atoms with E-state index < -0.39 is 16.1 Å². The number of rotatable bonds is 9. The first kappa shape index (κ1) is 25.5. The zero-order chi connectivity index (χ0) is 25.7. The summed E-state index contributed by atoms with van der Waals surface area (Å²) in [4.78, 5) is 15.0. The molecule has 4 rings (SSSR count). The van der Waals surface area contributed by atoms with Gasteiger partial charge in [0.1, 0.15) is 28.6 Å². The first-order chi connectivity index (χ1) is 17.4. The largest absolute Gasteiger partial charge is 0.495 e. The van der Waals surface area contributed by atoms with E-state index in [1.165, 1.54) is 13.2 Å². The van der Waals surface area contributed by atoms with Crippen LogP contribution in [-0.2, 0) is 21.2 Å². The number of sulfonamides is 1. The molecule has 0 bridgehead atoms. The van der Waals surface area contributed by atoms with Gasteiger partial charge in [0.05, 0.1) is 25.9 Å². The third-order valence-electron chi connectivity index (χ3n) is 6.17. The third kappa shape index (κ3) is 5.47. The van der Waals surface area contributed by atoms with Gasteiger partial charge < -0.3 is 19.1 Å². The van der Waals surface area contributed by atoms with Crippen LogP contribution in [0.1, 0.15) is 22.8 Å². The number of ether oxygens (including phenoxy) is 3. The van der Waals surface area contributed by atoms with Gasteiger partial charge in [-0.25, -0.2) is 8.42 Å². The van der Waals surface area contributed by atoms with Crippen molar-refractivity contribution in [2.24, 2.45) is 0 Å². The first-order valence-electron chi connectivity index (χ1n) is 11.7. The molecule has 0 saturated carbocycles. The van der Waals surface area contributed by atoms with Gasteiger partial charge in [-0.05, 0) is 42.3 Å². The highest BCUT2D eigenvalue weighted by molar-refractivity contribution is 7.92. The minimum atomic E-state index is -3.88. The van der Waals surface area contributed by atoms with Gasteiger partial charge in [-0.1, -0.05) is 43.3 Å². The van der Waals surface area contributed by atoms with E-state index in [4.69, 9.17) is 14.2 Å². The number of carbonyl (C=O) groups excluding carboxylic acids is 1. The molecule has 3 aromatic rings. The van der Waals surface area contributed by atoms with Crippen molar-refractivity contribution in [3.63, 3.8) is 0 Å². The highest BCUT2D eigenvalue weighted by atomic mass is 32.2. The highest BCUT2D eigenvalue weighted by Gasteiger charge is 2.38. The van der Waals surface area contributed by atoms with E-state index in [2.05, 4.69) is 4.72 Å². The lowest BCUT2D eigenvalue weighted by molar-refractivity contribution is 0.0340. The molecule has 2 atom stereocenters. The number of aryl methyl sites for hydroxylation is 1. The lowest BCUT2D eigenvalue weighted by atomic mass is 10.0. The van der Waals surface area contributed by atoms with Gasteiger partial charge in [0.2, 0.25) is 0 Å².